The molecule has 0 bridgehead atoms. The maximum atomic E-state index is 5.92. The van der Waals surface area contributed by atoms with Crippen molar-refractivity contribution in [1.29, 1.82) is 0 Å². The molecule has 0 radical (unpaired) electrons. The highest BCUT2D eigenvalue weighted by Gasteiger charge is 2.22. The molecule has 1 atom stereocenters. The van der Waals surface area contributed by atoms with Crippen molar-refractivity contribution >= 4 is 5.82 Å². The van der Waals surface area contributed by atoms with Crippen molar-refractivity contribution in [3.63, 3.8) is 0 Å². The third-order valence-electron chi connectivity index (χ3n) is 3.39. The predicted molar refractivity (Wildman–Crippen MR) is 65.4 cm³/mol. The fourth-order valence-corrected chi connectivity index (χ4v) is 2.21. The number of hydrogen-bond acceptors (Lipinski definition) is 4. The summed E-state index contributed by atoms with van der Waals surface area (Å²) in [5.41, 5.74) is 6.89. The van der Waals surface area contributed by atoms with E-state index in [0.29, 0.717) is 12.0 Å². The SMILES string of the molecule is Cc1ccc(N2CCC(C(C)N)CC2)nn1. The number of hydrogen-bond donors (Lipinski definition) is 1. The first-order valence-corrected chi connectivity index (χ1v) is 5.97. The largest absolute Gasteiger partial charge is 0.355 e. The first kappa shape index (κ1) is 11.3. The van der Waals surface area contributed by atoms with Crippen molar-refractivity contribution in [2.24, 2.45) is 11.7 Å². The third-order valence-corrected chi connectivity index (χ3v) is 3.39. The number of anilines is 1. The normalized spacial score (nSPS) is 19.8. The van der Waals surface area contributed by atoms with Crippen LogP contribution in [0, 0.1) is 12.8 Å². The van der Waals surface area contributed by atoms with E-state index in [1.54, 1.807) is 0 Å². The van der Waals surface area contributed by atoms with Gasteiger partial charge in [0.05, 0.1) is 5.69 Å². The zero-order valence-corrected chi connectivity index (χ0v) is 10.1. The maximum Gasteiger partial charge on any atom is 0.151 e. The van der Waals surface area contributed by atoms with Crippen molar-refractivity contribution in [3.8, 4) is 0 Å². The number of piperidine rings is 1. The lowest BCUT2D eigenvalue weighted by atomic mass is 9.91. The lowest BCUT2D eigenvalue weighted by Gasteiger charge is -2.34. The molecule has 0 aromatic carbocycles. The van der Waals surface area contributed by atoms with Crippen LogP contribution in [-0.2, 0) is 0 Å². The van der Waals surface area contributed by atoms with E-state index >= 15 is 0 Å². The Morgan fingerprint density at radius 1 is 1.31 bits per heavy atom. The molecule has 88 valence electrons. The van der Waals surface area contributed by atoms with Gasteiger partial charge in [0.25, 0.3) is 0 Å². The smallest absolute Gasteiger partial charge is 0.151 e. The summed E-state index contributed by atoms with van der Waals surface area (Å²) in [6, 6.07) is 4.38. The van der Waals surface area contributed by atoms with Gasteiger partial charge in [-0.3, -0.25) is 0 Å². The quantitative estimate of drug-likeness (QED) is 0.817. The summed E-state index contributed by atoms with van der Waals surface area (Å²) < 4.78 is 0. The molecule has 1 aliphatic heterocycles. The van der Waals surface area contributed by atoms with Crippen molar-refractivity contribution in [1.82, 2.24) is 10.2 Å². The van der Waals surface area contributed by atoms with Crippen LogP contribution in [0.4, 0.5) is 5.82 Å². The molecule has 1 saturated heterocycles. The van der Waals surface area contributed by atoms with Gasteiger partial charge in [0.2, 0.25) is 0 Å². The molecule has 1 aliphatic rings. The summed E-state index contributed by atoms with van der Waals surface area (Å²) in [7, 11) is 0. The van der Waals surface area contributed by atoms with Crippen LogP contribution in [0.25, 0.3) is 0 Å². The fraction of sp³-hybridized carbons (Fsp3) is 0.667. The molecule has 1 aromatic rings. The minimum Gasteiger partial charge on any atom is -0.355 e. The highest BCUT2D eigenvalue weighted by atomic mass is 15.3. The topological polar surface area (TPSA) is 55.0 Å². The molecule has 4 nitrogen and oxygen atoms in total. The number of aromatic nitrogens is 2. The summed E-state index contributed by atoms with van der Waals surface area (Å²) in [4.78, 5) is 2.30. The van der Waals surface area contributed by atoms with Crippen LogP contribution in [0.1, 0.15) is 25.5 Å². The summed E-state index contributed by atoms with van der Waals surface area (Å²) >= 11 is 0. The molecule has 0 saturated carbocycles. The zero-order valence-electron chi connectivity index (χ0n) is 10.1. The van der Waals surface area contributed by atoms with Gasteiger partial charge in [0.1, 0.15) is 0 Å². The van der Waals surface area contributed by atoms with Crippen LogP contribution in [0.3, 0.4) is 0 Å². The molecule has 1 aromatic heterocycles. The van der Waals surface area contributed by atoms with E-state index in [0.717, 1.165) is 37.4 Å². The second kappa shape index (κ2) is 4.78. The Balaban J connectivity index is 1.96. The Labute approximate surface area is 96.9 Å². The molecule has 0 aliphatic carbocycles. The second-order valence-corrected chi connectivity index (χ2v) is 4.72. The average molecular weight is 220 g/mol. The Kier molecular flexibility index (Phi) is 3.39. The Bertz CT molecular complexity index is 325. The molecule has 4 heteroatoms. The van der Waals surface area contributed by atoms with Gasteiger partial charge in [0, 0.05) is 19.1 Å². The Morgan fingerprint density at radius 2 is 2.00 bits per heavy atom. The van der Waals surface area contributed by atoms with Gasteiger partial charge in [-0.15, -0.1) is 5.10 Å². The van der Waals surface area contributed by atoms with E-state index < -0.39 is 0 Å². The second-order valence-electron chi connectivity index (χ2n) is 4.72. The van der Waals surface area contributed by atoms with Gasteiger partial charge in [-0.2, -0.15) is 5.10 Å². The van der Waals surface area contributed by atoms with E-state index in [4.69, 9.17) is 5.73 Å². The van der Waals surface area contributed by atoms with Gasteiger partial charge in [-0.05, 0) is 44.7 Å². The fourth-order valence-electron chi connectivity index (χ4n) is 2.21. The van der Waals surface area contributed by atoms with Crippen LogP contribution in [0.5, 0.6) is 0 Å². The minimum absolute atomic E-state index is 0.311. The van der Waals surface area contributed by atoms with Gasteiger partial charge in [-0.25, -0.2) is 0 Å². The first-order chi connectivity index (χ1) is 7.66. The van der Waals surface area contributed by atoms with Crippen LogP contribution in [0.15, 0.2) is 12.1 Å². The van der Waals surface area contributed by atoms with Gasteiger partial charge < -0.3 is 10.6 Å². The van der Waals surface area contributed by atoms with E-state index in [-0.39, 0.29) is 0 Å². The number of aryl methyl sites for hydroxylation is 1. The standard InChI is InChI=1S/C12H20N4/c1-9-3-4-12(15-14-9)16-7-5-11(6-8-16)10(2)13/h3-4,10-11H,5-8,13H2,1-2H3. The van der Waals surface area contributed by atoms with Crippen LogP contribution in [-0.4, -0.2) is 29.3 Å². The molecule has 1 unspecified atom stereocenters. The van der Waals surface area contributed by atoms with Gasteiger partial charge in [-0.1, -0.05) is 0 Å². The van der Waals surface area contributed by atoms with E-state index in [9.17, 15) is 0 Å². The molecule has 2 rings (SSSR count). The van der Waals surface area contributed by atoms with Crippen LogP contribution in [0.2, 0.25) is 0 Å². The van der Waals surface area contributed by atoms with Gasteiger partial charge in [0.15, 0.2) is 5.82 Å². The zero-order chi connectivity index (χ0) is 11.5. The average Bonchev–Trinajstić information content (AvgIpc) is 2.30. The molecule has 2 heterocycles. The lowest BCUT2D eigenvalue weighted by molar-refractivity contribution is 0.353. The third kappa shape index (κ3) is 2.50. The molecule has 0 amide bonds. The first-order valence-electron chi connectivity index (χ1n) is 5.97. The summed E-state index contributed by atoms with van der Waals surface area (Å²) in [5, 5.41) is 8.31. The number of nitrogens with two attached hydrogens (primary N) is 1. The highest BCUT2D eigenvalue weighted by molar-refractivity contribution is 5.37. The van der Waals surface area contributed by atoms with E-state index in [1.165, 1.54) is 0 Å². The lowest BCUT2D eigenvalue weighted by Crippen LogP contribution is -2.40. The highest BCUT2D eigenvalue weighted by Crippen LogP contribution is 2.22. The molecule has 2 N–H and O–H groups in total. The van der Waals surface area contributed by atoms with Crippen LogP contribution < -0.4 is 10.6 Å². The monoisotopic (exact) mass is 220 g/mol. The van der Waals surface area contributed by atoms with Crippen molar-refractivity contribution < 1.29 is 0 Å². The summed E-state index contributed by atoms with van der Waals surface area (Å²) in [6.45, 7) is 6.15. The molecule has 0 spiro atoms. The Hall–Kier alpha value is -1.16. The number of nitrogens with zero attached hydrogens (tertiary/aromatic N) is 3. The molecular weight excluding hydrogens is 200 g/mol. The summed E-state index contributed by atoms with van der Waals surface area (Å²) in [6.07, 6.45) is 2.32. The van der Waals surface area contributed by atoms with Crippen molar-refractivity contribution in [2.75, 3.05) is 18.0 Å². The van der Waals surface area contributed by atoms with Crippen molar-refractivity contribution in [2.45, 2.75) is 32.7 Å². The number of rotatable bonds is 2. The van der Waals surface area contributed by atoms with Crippen LogP contribution >= 0.6 is 0 Å². The Morgan fingerprint density at radius 3 is 2.50 bits per heavy atom. The maximum absolute atomic E-state index is 5.92. The molecule has 16 heavy (non-hydrogen) atoms. The van der Waals surface area contributed by atoms with Gasteiger partial charge >= 0.3 is 0 Å². The molecule has 1 fully saturated rings. The summed E-state index contributed by atoms with van der Waals surface area (Å²) in [5.74, 6) is 1.66. The predicted octanol–water partition coefficient (Wildman–Crippen LogP) is 1.35. The van der Waals surface area contributed by atoms with E-state index in [2.05, 4.69) is 28.1 Å². The van der Waals surface area contributed by atoms with Crippen molar-refractivity contribution in [3.05, 3.63) is 17.8 Å². The minimum atomic E-state index is 0.311. The van der Waals surface area contributed by atoms with E-state index in [1.807, 2.05) is 13.0 Å². The molecular formula is C12H20N4.